The van der Waals surface area contributed by atoms with E-state index in [0.29, 0.717) is 49.7 Å². The Morgan fingerprint density at radius 1 is 0.861 bits per heavy atom. The molecular formula is C27H27N7O2. The maximum Gasteiger partial charge on any atom is 0.250 e. The van der Waals surface area contributed by atoms with Crippen molar-refractivity contribution in [2.24, 2.45) is 5.10 Å². The van der Waals surface area contributed by atoms with Gasteiger partial charge in [-0.1, -0.05) is 54.6 Å². The highest BCUT2D eigenvalue weighted by Gasteiger charge is 2.16. The third kappa shape index (κ3) is 6.13. The molecule has 0 aliphatic carbocycles. The first-order valence-corrected chi connectivity index (χ1v) is 11.8. The van der Waals surface area contributed by atoms with Crippen LogP contribution in [0.3, 0.4) is 0 Å². The number of nitrogens with zero attached hydrogens (tertiary/aromatic N) is 5. The van der Waals surface area contributed by atoms with Crippen molar-refractivity contribution in [3.05, 3.63) is 95.6 Å². The van der Waals surface area contributed by atoms with Crippen molar-refractivity contribution in [1.29, 1.82) is 0 Å². The molecule has 36 heavy (non-hydrogen) atoms. The Hall–Kier alpha value is -4.50. The lowest BCUT2D eigenvalue weighted by Crippen LogP contribution is -2.37. The van der Waals surface area contributed by atoms with Crippen molar-refractivity contribution in [3.63, 3.8) is 0 Å². The van der Waals surface area contributed by atoms with Gasteiger partial charge in [-0.15, -0.1) is 0 Å². The van der Waals surface area contributed by atoms with Gasteiger partial charge in [0.2, 0.25) is 17.8 Å². The van der Waals surface area contributed by atoms with Crippen LogP contribution < -0.4 is 15.6 Å². The highest BCUT2D eigenvalue weighted by Crippen LogP contribution is 2.20. The van der Waals surface area contributed by atoms with Crippen LogP contribution in [0.25, 0.3) is 0 Å². The molecule has 0 radical (unpaired) electrons. The van der Waals surface area contributed by atoms with Gasteiger partial charge in [0.1, 0.15) is 5.75 Å². The number of rotatable bonds is 8. The molecule has 0 unspecified atom stereocenters. The van der Waals surface area contributed by atoms with E-state index in [1.165, 1.54) is 5.56 Å². The summed E-state index contributed by atoms with van der Waals surface area (Å²) in [7, 11) is 0. The van der Waals surface area contributed by atoms with Crippen molar-refractivity contribution in [1.82, 2.24) is 15.0 Å². The van der Waals surface area contributed by atoms with E-state index < -0.39 is 0 Å². The minimum Gasteiger partial charge on any atom is -0.507 e. The molecule has 5 rings (SSSR count). The zero-order valence-electron chi connectivity index (χ0n) is 19.7. The van der Waals surface area contributed by atoms with Gasteiger partial charge in [0, 0.05) is 24.3 Å². The molecule has 1 aliphatic rings. The Morgan fingerprint density at radius 3 is 2.36 bits per heavy atom. The molecule has 9 nitrogen and oxygen atoms in total. The van der Waals surface area contributed by atoms with E-state index in [1.54, 1.807) is 12.3 Å². The second-order valence-corrected chi connectivity index (χ2v) is 8.30. The zero-order valence-corrected chi connectivity index (χ0v) is 19.7. The lowest BCUT2D eigenvalue weighted by Gasteiger charge is -2.27. The zero-order chi connectivity index (χ0) is 24.6. The van der Waals surface area contributed by atoms with Gasteiger partial charge >= 0.3 is 0 Å². The standard InChI is InChI=1S/C27H27N7O2/c35-24-12-11-21(17-20-7-3-1-4-8-20)18-22(24)19-28-33-26-30-25(29-23-9-5-2-6-10-23)31-27(32-26)34-13-15-36-16-14-34/h1-12,18-19,35H,13-17H2,(H2,29,30,31,32,33)/b28-19-. The van der Waals surface area contributed by atoms with Gasteiger partial charge < -0.3 is 20.1 Å². The fourth-order valence-electron chi connectivity index (χ4n) is 3.83. The van der Waals surface area contributed by atoms with E-state index in [-0.39, 0.29) is 5.75 Å². The number of anilines is 4. The molecule has 4 aromatic rings. The molecule has 9 heteroatoms. The number of hydrazone groups is 1. The van der Waals surface area contributed by atoms with Gasteiger partial charge in [-0.25, -0.2) is 5.43 Å². The molecular weight excluding hydrogens is 454 g/mol. The van der Waals surface area contributed by atoms with Crippen molar-refractivity contribution < 1.29 is 9.84 Å². The van der Waals surface area contributed by atoms with Crippen LogP contribution in [0.5, 0.6) is 5.75 Å². The maximum atomic E-state index is 10.3. The fraction of sp³-hybridized carbons (Fsp3) is 0.185. The Morgan fingerprint density at radius 2 is 1.58 bits per heavy atom. The van der Waals surface area contributed by atoms with E-state index in [2.05, 4.69) is 47.8 Å². The third-order valence-corrected chi connectivity index (χ3v) is 5.66. The van der Waals surface area contributed by atoms with Crippen LogP contribution >= 0.6 is 0 Å². The number of aromatic hydroxyl groups is 1. The van der Waals surface area contributed by atoms with Crippen molar-refractivity contribution in [2.75, 3.05) is 41.9 Å². The van der Waals surface area contributed by atoms with E-state index in [1.807, 2.05) is 60.7 Å². The van der Waals surface area contributed by atoms with E-state index in [0.717, 1.165) is 17.7 Å². The van der Waals surface area contributed by atoms with Crippen molar-refractivity contribution in [3.8, 4) is 5.75 Å². The van der Waals surface area contributed by atoms with Crippen LogP contribution in [0.4, 0.5) is 23.5 Å². The summed E-state index contributed by atoms with van der Waals surface area (Å²) in [4.78, 5) is 15.7. The minimum absolute atomic E-state index is 0.147. The predicted octanol–water partition coefficient (Wildman–Crippen LogP) is 4.19. The second kappa shape index (κ2) is 11.3. The number of ether oxygens (including phenoxy) is 1. The molecule has 0 saturated carbocycles. The maximum absolute atomic E-state index is 10.3. The van der Waals surface area contributed by atoms with Crippen LogP contribution in [0.1, 0.15) is 16.7 Å². The van der Waals surface area contributed by atoms with Crippen molar-refractivity contribution in [2.45, 2.75) is 6.42 Å². The number of morpholine rings is 1. The Labute approximate surface area is 209 Å². The molecule has 2 heterocycles. The lowest BCUT2D eigenvalue weighted by molar-refractivity contribution is 0.122. The van der Waals surface area contributed by atoms with E-state index >= 15 is 0 Å². The Balaban J connectivity index is 1.35. The smallest absolute Gasteiger partial charge is 0.250 e. The molecule has 3 aromatic carbocycles. The largest absolute Gasteiger partial charge is 0.507 e. The lowest BCUT2D eigenvalue weighted by atomic mass is 10.0. The first kappa shape index (κ1) is 23.3. The summed E-state index contributed by atoms with van der Waals surface area (Å²) in [6, 6.07) is 25.4. The van der Waals surface area contributed by atoms with Gasteiger partial charge in [-0.3, -0.25) is 0 Å². The highest BCUT2D eigenvalue weighted by atomic mass is 16.5. The highest BCUT2D eigenvalue weighted by molar-refractivity contribution is 5.84. The molecule has 1 saturated heterocycles. The van der Waals surface area contributed by atoms with Crippen LogP contribution in [-0.2, 0) is 11.2 Å². The summed E-state index contributed by atoms with van der Waals surface area (Å²) < 4.78 is 5.46. The summed E-state index contributed by atoms with van der Waals surface area (Å²) in [5.74, 6) is 1.38. The number of phenolic OH excluding ortho intramolecular Hbond substituents is 1. The molecule has 1 aliphatic heterocycles. The number of para-hydroxylation sites is 1. The SMILES string of the molecule is Oc1ccc(Cc2ccccc2)cc1/C=N\Nc1nc(Nc2ccccc2)nc(N2CCOCC2)n1. The normalized spacial score (nSPS) is 13.6. The first-order chi connectivity index (χ1) is 17.7. The summed E-state index contributed by atoms with van der Waals surface area (Å²) in [5, 5.41) is 17.8. The molecule has 3 N–H and O–H groups in total. The van der Waals surface area contributed by atoms with Crippen LogP contribution in [0.2, 0.25) is 0 Å². The first-order valence-electron chi connectivity index (χ1n) is 11.8. The van der Waals surface area contributed by atoms with Gasteiger partial charge in [0.05, 0.1) is 19.4 Å². The molecule has 0 spiro atoms. The number of hydrogen-bond acceptors (Lipinski definition) is 9. The van der Waals surface area contributed by atoms with E-state index in [9.17, 15) is 5.11 Å². The Bertz CT molecular complexity index is 1310. The van der Waals surface area contributed by atoms with Gasteiger partial charge in [0.25, 0.3) is 0 Å². The summed E-state index contributed by atoms with van der Waals surface area (Å²) in [6.45, 7) is 2.62. The van der Waals surface area contributed by atoms with Crippen LogP contribution in [-0.4, -0.2) is 52.6 Å². The van der Waals surface area contributed by atoms with Gasteiger partial charge in [0.15, 0.2) is 0 Å². The second-order valence-electron chi connectivity index (χ2n) is 8.30. The number of hydrogen-bond donors (Lipinski definition) is 3. The summed E-state index contributed by atoms with van der Waals surface area (Å²) >= 11 is 0. The van der Waals surface area contributed by atoms with Crippen LogP contribution in [0, 0.1) is 0 Å². The number of phenols is 1. The molecule has 182 valence electrons. The summed E-state index contributed by atoms with van der Waals surface area (Å²) in [6.07, 6.45) is 2.33. The molecule has 0 bridgehead atoms. The predicted molar refractivity (Wildman–Crippen MR) is 141 cm³/mol. The monoisotopic (exact) mass is 481 g/mol. The molecule has 1 fully saturated rings. The minimum atomic E-state index is 0.147. The topological polar surface area (TPSA) is 108 Å². The Kier molecular flexibility index (Phi) is 7.29. The fourth-order valence-corrected chi connectivity index (χ4v) is 3.83. The third-order valence-electron chi connectivity index (χ3n) is 5.66. The van der Waals surface area contributed by atoms with Gasteiger partial charge in [-0.2, -0.15) is 20.1 Å². The van der Waals surface area contributed by atoms with Crippen LogP contribution in [0.15, 0.2) is 84.0 Å². The quantitative estimate of drug-likeness (QED) is 0.254. The molecule has 0 amide bonds. The summed E-state index contributed by atoms with van der Waals surface area (Å²) in [5.41, 5.74) is 6.63. The average Bonchev–Trinajstić information content (AvgIpc) is 2.92. The van der Waals surface area contributed by atoms with Gasteiger partial charge in [-0.05, 0) is 41.8 Å². The molecule has 0 atom stereocenters. The van der Waals surface area contributed by atoms with E-state index in [4.69, 9.17) is 4.74 Å². The average molecular weight is 482 g/mol. The number of aromatic nitrogens is 3. The molecule has 1 aromatic heterocycles. The van der Waals surface area contributed by atoms with Crippen molar-refractivity contribution >= 4 is 29.7 Å². The number of benzene rings is 3. The number of nitrogens with one attached hydrogen (secondary N) is 2.